The number of anilines is 1. The van der Waals surface area contributed by atoms with Crippen LogP contribution in [0.2, 0.25) is 0 Å². The van der Waals surface area contributed by atoms with Gasteiger partial charge in [0, 0.05) is 6.20 Å². The van der Waals surface area contributed by atoms with E-state index in [0.717, 1.165) is 0 Å². The first-order valence-corrected chi connectivity index (χ1v) is 6.44. The van der Waals surface area contributed by atoms with Gasteiger partial charge in [-0.1, -0.05) is 6.07 Å². The third-order valence-electron chi connectivity index (χ3n) is 2.07. The lowest BCUT2D eigenvalue weighted by Gasteiger charge is -2.06. The summed E-state index contributed by atoms with van der Waals surface area (Å²) < 4.78 is 26.1. The molecule has 2 aromatic rings. The lowest BCUT2D eigenvalue weighted by atomic mass is 10.3. The smallest absolute Gasteiger partial charge is 0.279 e. The van der Waals surface area contributed by atoms with Gasteiger partial charge < -0.3 is 5.11 Å². The summed E-state index contributed by atoms with van der Waals surface area (Å²) in [6, 6.07) is 2.81. The van der Waals surface area contributed by atoms with E-state index in [1.165, 1.54) is 37.1 Å². The Balaban J connectivity index is 2.25. The number of nitrogens with one attached hydrogen (secondary N) is 1. The molecule has 0 saturated carbocycles. The predicted molar refractivity (Wildman–Crippen MR) is 63.0 cm³/mol. The maximum absolute atomic E-state index is 11.9. The molecule has 0 aliphatic heterocycles. The standard InChI is InChI=1S/C10H10N4O3S/c15-6-8-1-2-10(13-3-8)18(16,17)14-9-4-11-7-12-5-9/h1-5,7,14-15H,6H2. The minimum Gasteiger partial charge on any atom is -0.392 e. The molecule has 18 heavy (non-hydrogen) atoms. The second kappa shape index (κ2) is 5.07. The summed E-state index contributed by atoms with van der Waals surface area (Å²) in [4.78, 5) is 11.2. The highest BCUT2D eigenvalue weighted by atomic mass is 32.2. The molecule has 0 radical (unpaired) electrons. The van der Waals surface area contributed by atoms with Crippen LogP contribution in [0.25, 0.3) is 0 Å². The molecule has 0 amide bonds. The van der Waals surface area contributed by atoms with Crippen molar-refractivity contribution in [2.75, 3.05) is 4.72 Å². The first kappa shape index (κ1) is 12.4. The van der Waals surface area contributed by atoms with Gasteiger partial charge in [0.2, 0.25) is 0 Å². The van der Waals surface area contributed by atoms with Crippen molar-refractivity contribution in [2.45, 2.75) is 11.6 Å². The Bertz CT molecular complexity index is 613. The van der Waals surface area contributed by atoms with Gasteiger partial charge in [-0.3, -0.25) is 4.72 Å². The van der Waals surface area contributed by atoms with E-state index in [4.69, 9.17) is 5.11 Å². The zero-order valence-corrected chi connectivity index (χ0v) is 10.0. The Kier molecular flexibility index (Phi) is 3.49. The summed E-state index contributed by atoms with van der Waals surface area (Å²) in [7, 11) is -3.76. The van der Waals surface area contributed by atoms with Crippen LogP contribution in [-0.4, -0.2) is 28.5 Å². The lowest BCUT2D eigenvalue weighted by Crippen LogP contribution is -2.14. The number of hydrogen-bond acceptors (Lipinski definition) is 6. The molecule has 8 heteroatoms. The maximum Gasteiger partial charge on any atom is 0.279 e. The molecular weight excluding hydrogens is 256 g/mol. The number of nitrogens with zero attached hydrogens (tertiary/aromatic N) is 3. The summed E-state index contributed by atoms with van der Waals surface area (Å²) in [5.74, 6) is 0. The van der Waals surface area contributed by atoms with E-state index >= 15 is 0 Å². The quantitative estimate of drug-likeness (QED) is 0.817. The summed E-state index contributed by atoms with van der Waals surface area (Å²) >= 11 is 0. The fourth-order valence-corrected chi connectivity index (χ4v) is 2.18. The van der Waals surface area contributed by atoms with Crippen LogP contribution in [0.15, 0.2) is 42.1 Å². The Hall–Kier alpha value is -2.06. The average Bonchev–Trinajstić information content (AvgIpc) is 2.39. The van der Waals surface area contributed by atoms with Gasteiger partial charge in [-0.2, -0.15) is 8.42 Å². The van der Waals surface area contributed by atoms with Gasteiger partial charge in [-0.15, -0.1) is 0 Å². The topological polar surface area (TPSA) is 105 Å². The molecule has 0 unspecified atom stereocenters. The summed E-state index contributed by atoms with van der Waals surface area (Å²) in [6.45, 7) is -0.187. The third kappa shape index (κ3) is 2.79. The summed E-state index contributed by atoms with van der Waals surface area (Å²) in [6.07, 6.45) is 5.28. The van der Waals surface area contributed by atoms with Gasteiger partial charge in [-0.25, -0.2) is 15.0 Å². The minimum absolute atomic E-state index is 0.136. The zero-order valence-electron chi connectivity index (χ0n) is 9.18. The highest BCUT2D eigenvalue weighted by Gasteiger charge is 2.15. The molecule has 7 nitrogen and oxygen atoms in total. The van der Waals surface area contributed by atoms with Crippen LogP contribution >= 0.6 is 0 Å². The first-order chi connectivity index (χ1) is 8.62. The molecule has 2 heterocycles. The van der Waals surface area contributed by atoms with E-state index in [2.05, 4.69) is 19.7 Å². The third-order valence-corrected chi connectivity index (χ3v) is 3.36. The Labute approximate surface area is 104 Å². The van der Waals surface area contributed by atoms with Crippen LogP contribution in [0.4, 0.5) is 5.69 Å². The van der Waals surface area contributed by atoms with Crippen molar-refractivity contribution in [3.05, 3.63) is 42.6 Å². The lowest BCUT2D eigenvalue weighted by molar-refractivity contribution is 0.281. The van der Waals surface area contributed by atoms with E-state index < -0.39 is 10.0 Å². The maximum atomic E-state index is 11.9. The molecular formula is C10H10N4O3S. The molecule has 0 fully saturated rings. The van der Waals surface area contributed by atoms with Crippen LogP contribution in [0, 0.1) is 0 Å². The molecule has 0 saturated heterocycles. The largest absolute Gasteiger partial charge is 0.392 e. The van der Waals surface area contributed by atoms with E-state index in [9.17, 15) is 8.42 Å². The molecule has 2 N–H and O–H groups in total. The van der Waals surface area contributed by atoms with Crippen molar-refractivity contribution in [3.63, 3.8) is 0 Å². The van der Waals surface area contributed by atoms with E-state index in [1.807, 2.05) is 0 Å². The molecule has 2 aromatic heterocycles. The van der Waals surface area contributed by atoms with Gasteiger partial charge >= 0.3 is 0 Å². The van der Waals surface area contributed by atoms with Gasteiger partial charge in [0.05, 0.1) is 24.7 Å². The fraction of sp³-hybridized carbons (Fsp3) is 0.100. The van der Waals surface area contributed by atoms with Crippen LogP contribution in [0.3, 0.4) is 0 Å². The Morgan fingerprint density at radius 3 is 2.44 bits per heavy atom. The number of aromatic nitrogens is 3. The number of sulfonamides is 1. The van der Waals surface area contributed by atoms with Crippen molar-refractivity contribution < 1.29 is 13.5 Å². The molecule has 94 valence electrons. The normalized spacial score (nSPS) is 11.2. The number of hydrogen-bond donors (Lipinski definition) is 2. The Morgan fingerprint density at radius 1 is 1.17 bits per heavy atom. The Morgan fingerprint density at radius 2 is 1.89 bits per heavy atom. The van der Waals surface area contributed by atoms with Crippen LogP contribution in [0.1, 0.15) is 5.56 Å². The van der Waals surface area contributed by atoms with E-state index in [-0.39, 0.29) is 17.3 Å². The van der Waals surface area contributed by atoms with Crippen LogP contribution in [-0.2, 0) is 16.6 Å². The fourth-order valence-electron chi connectivity index (χ4n) is 1.22. The second-order valence-electron chi connectivity index (χ2n) is 3.40. The highest BCUT2D eigenvalue weighted by Crippen LogP contribution is 2.12. The van der Waals surface area contributed by atoms with Crippen LogP contribution in [0.5, 0.6) is 0 Å². The van der Waals surface area contributed by atoms with Crippen LogP contribution < -0.4 is 4.72 Å². The molecule has 0 atom stereocenters. The minimum atomic E-state index is -3.76. The van der Waals surface area contributed by atoms with Crippen molar-refractivity contribution in [2.24, 2.45) is 0 Å². The van der Waals surface area contributed by atoms with Crippen molar-refractivity contribution >= 4 is 15.7 Å². The molecule has 0 bridgehead atoms. The highest BCUT2D eigenvalue weighted by molar-refractivity contribution is 7.92. The monoisotopic (exact) mass is 266 g/mol. The molecule has 0 aromatic carbocycles. The van der Waals surface area contributed by atoms with Crippen molar-refractivity contribution in [1.29, 1.82) is 0 Å². The van der Waals surface area contributed by atoms with Gasteiger partial charge in [0.15, 0.2) is 5.03 Å². The van der Waals surface area contributed by atoms with Crippen molar-refractivity contribution in [3.8, 4) is 0 Å². The number of aliphatic hydroxyl groups excluding tert-OH is 1. The molecule has 0 spiro atoms. The van der Waals surface area contributed by atoms with Gasteiger partial charge in [-0.05, 0) is 11.6 Å². The SMILES string of the molecule is O=S(=O)(Nc1cncnc1)c1ccc(CO)cn1. The molecule has 0 aliphatic carbocycles. The average molecular weight is 266 g/mol. The molecule has 2 rings (SSSR count). The zero-order chi connectivity index (χ0) is 13.0. The summed E-state index contributed by atoms with van der Waals surface area (Å²) in [5.41, 5.74) is 0.794. The summed E-state index contributed by atoms with van der Waals surface area (Å²) in [5, 5.41) is 8.71. The van der Waals surface area contributed by atoms with Gasteiger partial charge in [0.25, 0.3) is 10.0 Å². The van der Waals surface area contributed by atoms with E-state index in [1.54, 1.807) is 0 Å². The number of pyridine rings is 1. The first-order valence-electron chi connectivity index (χ1n) is 4.95. The number of rotatable bonds is 4. The van der Waals surface area contributed by atoms with Gasteiger partial charge in [0.1, 0.15) is 6.33 Å². The van der Waals surface area contributed by atoms with Crippen molar-refractivity contribution in [1.82, 2.24) is 15.0 Å². The molecule has 0 aliphatic rings. The predicted octanol–water partition coefficient (Wildman–Crippen LogP) is 0.165. The second-order valence-corrected chi connectivity index (χ2v) is 5.02. The van der Waals surface area contributed by atoms with E-state index in [0.29, 0.717) is 5.56 Å². The number of aliphatic hydroxyl groups is 1.